The highest BCUT2D eigenvalue weighted by molar-refractivity contribution is 6.30. The van der Waals surface area contributed by atoms with Crippen LogP contribution in [0.15, 0.2) is 35.9 Å². The molecule has 1 aromatic carbocycles. The Balaban J connectivity index is 2.37. The van der Waals surface area contributed by atoms with Gasteiger partial charge in [-0.25, -0.2) is 0 Å². The van der Waals surface area contributed by atoms with E-state index in [0.29, 0.717) is 11.1 Å². The Labute approximate surface area is 148 Å². The van der Waals surface area contributed by atoms with E-state index >= 15 is 0 Å². The van der Waals surface area contributed by atoms with E-state index in [1.807, 2.05) is 29.2 Å². The van der Waals surface area contributed by atoms with Crippen molar-refractivity contribution in [2.24, 2.45) is 0 Å². The Morgan fingerprint density at radius 2 is 1.96 bits per heavy atom. The molecule has 2 rings (SSSR count). The molecule has 3 nitrogen and oxygen atoms in total. The first-order valence-electron chi connectivity index (χ1n) is 8.26. The van der Waals surface area contributed by atoms with Gasteiger partial charge in [0.15, 0.2) is 0 Å². The number of benzene rings is 1. The third-order valence-electron chi connectivity index (χ3n) is 4.33. The topological polar surface area (TPSA) is 32.3 Å². The Morgan fingerprint density at radius 3 is 2.61 bits per heavy atom. The third kappa shape index (κ3) is 4.97. The average Bonchev–Trinajstić information content (AvgIpc) is 2.76. The molecule has 2 atom stereocenters. The van der Waals surface area contributed by atoms with Gasteiger partial charge in [-0.3, -0.25) is 4.79 Å². The van der Waals surface area contributed by atoms with Crippen LogP contribution in [-0.2, 0) is 4.79 Å². The van der Waals surface area contributed by atoms with Crippen molar-refractivity contribution in [3.05, 3.63) is 40.9 Å². The minimum atomic E-state index is -0.0860. The number of hydrogen-bond donors (Lipinski definition) is 1. The van der Waals surface area contributed by atoms with Gasteiger partial charge in [-0.15, -0.1) is 0 Å². The number of carbonyl (C=O) groups is 1. The zero-order chi connectivity index (χ0) is 16.7. The summed E-state index contributed by atoms with van der Waals surface area (Å²) in [5, 5.41) is 4.22. The lowest BCUT2D eigenvalue weighted by atomic mass is 10.00. The summed E-state index contributed by atoms with van der Waals surface area (Å²) >= 11 is 11.7. The van der Waals surface area contributed by atoms with E-state index in [0.717, 1.165) is 31.5 Å². The van der Waals surface area contributed by atoms with Gasteiger partial charge in [0.25, 0.3) is 5.91 Å². The number of carbonyl (C=O) groups excluding carboxylic acids is 1. The molecule has 0 saturated heterocycles. The maximum atomic E-state index is 12.7. The Bertz CT molecular complexity index is 530. The van der Waals surface area contributed by atoms with Gasteiger partial charge in [0.2, 0.25) is 0 Å². The van der Waals surface area contributed by atoms with Crippen molar-refractivity contribution in [2.45, 2.75) is 51.1 Å². The maximum Gasteiger partial charge on any atom is 0.252 e. The second-order valence-corrected chi connectivity index (χ2v) is 6.54. The lowest BCUT2D eigenvalue weighted by Gasteiger charge is -2.36. The van der Waals surface area contributed by atoms with Crippen molar-refractivity contribution < 1.29 is 4.79 Å². The molecule has 1 fully saturated rings. The summed E-state index contributed by atoms with van der Waals surface area (Å²) in [5.41, 5.74) is 2.15. The van der Waals surface area contributed by atoms with E-state index in [2.05, 4.69) is 12.2 Å². The van der Waals surface area contributed by atoms with Gasteiger partial charge >= 0.3 is 0 Å². The van der Waals surface area contributed by atoms with Crippen LogP contribution in [0, 0.1) is 0 Å². The van der Waals surface area contributed by atoms with E-state index in [-0.39, 0.29) is 11.9 Å². The molecule has 1 N–H and O–H groups in total. The van der Waals surface area contributed by atoms with Crippen LogP contribution in [0.1, 0.15) is 39.0 Å². The van der Waals surface area contributed by atoms with Crippen LogP contribution in [0.5, 0.6) is 0 Å². The van der Waals surface area contributed by atoms with Crippen LogP contribution >= 0.6 is 23.2 Å². The predicted molar refractivity (Wildman–Crippen MR) is 98.3 cm³/mol. The molecule has 23 heavy (non-hydrogen) atoms. The van der Waals surface area contributed by atoms with E-state index in [4.69, 9.17) is 23.2 Å². The summed E-state index contributed by atoms with van der Waals surface area (Å²) in [6.45, 7) is 3.00. The summed E-state index contributed by atoms with van der Waals surface area (Å²) in [4.78, 5) is 14.6. The molecule has 0 radical (unpaired) electrons. The molecule has 0 heterocycles. The van der Waals surface area contributed by atoms with E-state index in [1.54, 1.807) is 0 Å². The van der Waals surface area contributed by atoms with Crippen molar-refractivity contribution in [3.63, 3.8) is 0 Å². The molecule has 0 aliphatic heterocycles. The van der Waals surface area contributed by atoms with Crippen molar-refractivity contribution in [1.82, 2.24) is 5.32 Å². The van der Waals surface area contributed by atoms with Gasteiger partial charge < -0.3 is 10.2 Å². The van der Waals surface area contributed by atoms with Crippen molar-refractivity contribution in [3.8, 4) is 0 Å². The van der Waals surface area contributed by atoms with Gasteiger partial charge in [0.05, 0.1) is 6.04 Å². The fourth-order valence-electron chi connectivity index (χ4n) is 3.32. The number of rotatable bonds is 5. The molecule has 0 spiro atoms. The molecule has 5 heteroatoms. The number of hydrogen-bond acceptors (Lipinski definition) is 2. The van der Waals surface area contributed by atoms with Crippen LogP contribution in [0.4, 0.5) is 5.69 Å². The van der Waals surface area contributed by atoms with Gasteiger partial charge in [0, 0.05) is 28.4 Å². The minimum Gasteiger partial charge on any atom is -0.312 e. The standard InChI is InChI=1S/C18H24Cl2N2O/c1-2-21-16-6-4-3-5-7-17(16)22(18(23)12-13-19)15-10-8-14(20)9-11-15/h8-13,16-17,21H,2-7H2,1H3. The van der Waals surface area contributed by atoms with E-state index in [1.165, 1.54) is 24.5 Å². The SMILES string of the molecule is CCNC1CCCCCC1N(C(=O)C=CCl)c1ccc(Cl)cc1. The predicted octanol–water partition coefficient (Wildman–Crippen LogP) is 4.74. The normalized spacial score (nSPS) is 22.0. The molecule has 1 saturated carbocycles. The largest absolute Gasteiger partial charge is 0.312 e. The van der Waals surface area contributed by atoms with Crippen molar-refractivity contribution in [2.75, 3.05) is 11.4 Å². The fourth-order valence-corrected chi connectivity index (χ4v) is 3.55. The molecule has 1 aliphatic rings. The lowest BCUT2D eigenvalue weighted by molar-refractivity contribution is -0.114. The highest BCUT2D eigenvalue weighted by Crippen LogP contribution is 2.28. The smallest absolute Gasteiger partial charge is 0.252 e. The van der Waals surface area contributed by atoms with Crippen LogP contribution in [-0.4, -0.2) is 24.5 Å². The zero-order valence-electron chi connectivity index (χ0n) is 13.5. The summed E-state index contributed by atoms with van der Waals surface area (Å²) in [6.07, 6.45) is 7.04. The molecule has 0 bridgehead atoms. The fraction of sp³-hybridized carbons (Fsp3) is 0.500. The summed E-state index contributed by atoms with van der Waals surface area (Å²) < 4.78 is 0. The van der Waals surface area contributed by atoms with Gasteiger partial charge in [0.1, 0.15) is 0 Å². The van der Waals surface area contributed by atoms with Gasteiger partial charge in [-0.2, -0.15) is 0 Å². The first-order valence-corrected chi connectivity index (χ1v) is 9.07. The van der Waals surface area contributed by atoms with Crippen LogP contribution in [0.3, 0.4) is 0 Å². The monoisotopic (exact) mass is 354 g/mol. The zero-order valence-corrected chi connectivity index (χ0v) is 15.0. The number of amides is 1. The molecule has 2 unspecified atom stereocenters. The third-order valence-corrected chi connectivity index (χ3v) is 4.70. The average molecular weight is 355 g/mol. The second kappa shape index (κ2) is 9.31. The highest BCUT2D eigenvalue weighted by Gasteiger charge is 2.31. The van der Waals surface area contributed by atoms with Crippen LogP contribution in [0.25, 0.3) is 0 Å². The van der Waals surface area contributed by atoms with E-state index < -0.39 is 0 Å². The molecular weight excluding hydrogens is 331 g/mol. The summed E-state index contributed by atoms with van der Waals surface area (Å²) in [5.74, 6) is -0.0860. The number of likely N-dealkylation sites (N-methyl/N-ethyl adjacent to an activating group) is 1. The first-order chi connectivity index (χ1) is 11.2. The molecule has 1 aliphatic carbocycles. The quantitative estimate of drug-likeness (QED) is 0.611. The number of nitrogens with zero attached hydrogens (tertiary/aromatic N) is 1. The minimum absolute atomic E-state index is 0.0860. The van der Waals surface area contributed by atoms with Gasteiger partial charge in [-0.1, -0.05) is 49.4 Å². The van der Waals surface area contributed by atoms with Crippen molar-refractivity contribution in [1.29, 1.82) is 0 Å². The number of anilines is 1. The van der Waals surface area contributed by atoms with Crippen LogP contribution in [0.2, 0.25) is 5.02 Å². The van der Waals surface area contributed by atoms with Crippen LogP contribution < -0.4 is 10.2 Å². The highest BCUT2D eigenvalue weighted by atomic mass is 35.5. The Morgan fingerprint density at radius 1 is 1.26 bits per heavy atom. The van der Waals surface area contributed by atoms with Crippen molar-refractivity contribution >= 4 is 34.8 Å². The Kier molecular flexibility index (Phi) is 7.41. The molecule has 1 amide bonds. The van der Waals surface area contributed by atoms with Gasteiger partial charge in [-0.05, 0) is 43.7 Å². The molecule has 0 aromatic heterocycles. The molecular formula is C18H24Cl2N2O. The lowest BCUT2D eigenvalue weighted by Crippen LogP contribution is -2.51. The van der Waals surface area contributed by atoms with E-state index in [9.17, 15) is 4.79 Å². The summed E-state index contributed by atoms with van der Waals surface area (Å²) in [7, 11) is 0. The second-order valence-electron chi connectivity index (χ2n) is 5.85. The molecule has 126 valence electrons. The Hall–Kier alpha value is -1.03. The maximum absolute atomic E-state index is 12.7. The number of halogens is 2. The first kappa shape index (κ1) is 18.3. The molecule has 1 aromatic rings. The summed E-state index contributed by atoms with van der Waals surface area (Å²) in [6, 6.07) is 7.86. The number of nitrogens with one attached hydrogen (secondary N) is 1.